The number of pyridine rings is 1. The summed E-state index contributed by atoms with van der Waals surface area (Å²) in [6.45, 7) is 5.94. The molecule has 0 spiro atoms. The zero-order valence-electron chi connectivity index (χ0n) is 14.8. The van der Waals surface area contributed by atoms with Gasteiger partial charge in [0.1, 0.15) is 17.5 Å². The Bertz CT molecular complexity index is 782. The Labute approximate surface area is 146 Å². The molecular weight excluding hydrogens is 325 g/mol. The number of rotatable bonds is 5. The number of halogens is 1. The second-order valence-electron chi connectivity index (χ2n) is 6.51. The summed E-state index contributed by atoms with van der Waals surface area (Å²) in [4.78, 5) is 18.1. The molecule has 7 heteroatoms. The van der Waals surface area contributed by atoms with Gasteiger partial charge in [0.25, 0.3) is 0 Å². The van der Waals surface area contributed by atoms with Crippen LogP contribution in [-0.4, -0.2) is 52.8 Å². The minimum Gasteiger partial charge on any atom is -0.486 e. The van der Waals surface area contributed by atoms with Gasteiger partial charge >= 0.3 is 5.97 Å². The number of hydrogen-bond acceptors (Lipinski definition) is 5. The molecule has 0 N–H and O–H groups in total. The summed E-state index contributed by atoms with van der Waals surface area (Å²) in [5.41, 5.74) is 1.02. The van der Waals surface area contributed by atoms with Gasteiger partial charge in [-0.2, -0.15) is 0 Å². The highest BCUT2D eigenvalue weighted by molar-refractivity contribution is 5.90. The van der Waals surface area contributed by atoms with Crippen LogP contribution in [0, 0.1) is 5.82 Å². The largest absolute Gasteiger partial charge is 0.486 e. The number of hydrogen-bond donors (Lipinski definition) is 0. The van der Waals surface area contributed by atoms with Gasteiger partial charge in [-0.15, -0.1) is 0 Å². The van der Waals surface area contributed by atoms with Gasteiger partial charge in [-0.1, -0.05) is 0 Å². The lowest BCUT2D eigenvalue weighted by molar-refractivity contribution is -0.000177. The highest BCUT2D eigenvalue weighted by atomic mass is 19.1. The van der Waals surface area contributed by atoms with E-state index in [-0.39, 0.29) is 11.8 Å². The second-order valence-corrected chi connectivity index (χ2v) is 6.51. The third kappa shape index (κ3) is 3.51. The van der Waals surface area contributed by atoms with Crippen molar-refractivity contribution >= 4 is 5.97 Å². The summed E-state index contributed by atoms with van der Waals surface area (Å²) < 4.78 is 26.6. The fourth-order valence-corrected chi connectivity index (χ4v) is 2.86. The first-order valence-electron chi connectivity index (χ1n) is 8.20. The van der Waals surface area contributed by atoms with Crippen LogP contribution >= 0.6 is 0 Å². The van der Waals surface area contributed by atoms with E-state index in [0.717, 1.165) is 13.1 Å². The van der Waals surface area contributed by atoms with Crippen LogP contribution in [-0.2, 0) is 11.8 Å². The predicted molar refractivity (Wildman–Crippen MR) is 91.1 cm³/mol. The van der Waals surface area contributed by atoms with Crippen molar-refractivity contribution in [1.82, 2.24) is 14.5 Å². The molecule has 3 heterocycles. The molecule has 134 valence electrons. The lowest BCUT2D eigenvalue weighted by atomic mass is 10.1. The highest BCUT2D eigenvalue weighted by Gasteiger charge is 2.30. The van der Waals surface area contributed by atoms with E-state index in [1.165, 1.54) is 19.4 Å². The molecule has 0 atom stereocenters. The van der Waals surface area contributed by atoms with Gasteiger partial charge in [0.05, 0.1) is 24.6 Å². The maximum absolute atomic E-state index is 14.5. The summed E-state index contributed by atoms with van der Waals surface area (Å²) in [6, 6.07) is 3.38. The first-order valence-corrected chi connectivity index (χ1v) is 8.20. The van der Waals surface area contributed by atoms with Gasteiger partial charge in [0.2, 0.25) is 0 Å². The highest BCUT2D eigenvalue weighted by Crippen LogP contribution is 2.27. The van der Waals surface area contributed by atoms with Gasteiger partial charge in [0.15, 0.2) is 5.82 Å². The Hall–Kier alpha value is -2.41. The minimum absolute atomic E-state index is 0.0652. The Kier molecular flexibility index (Phi) is 4.76. The molecular formula is C18H22FN3O3. The lowest BCUT2D eigenvalue weighted by Crippen LogP contribution is -2.56. The molecule has 2 aromatic heterocycles. The predicted octanol–water partition coefficient (Wildman–Crippen LogP) is 2.48. The molecule has 0 aliphatic carbocycles. The Morgan fingerprint density at radius 2 is 2.08 bits per heavy atom. The van der Waals surface area contributed by atoms with E-state index in [9.17, 15) is 9.18 Å². The zero-order chi connectivity index (χ0) is 18.1. The van der Waals surface area contributed by atoms with E-state index in [1.54, 1.807) is 23.9 Å². The Balaban J connectivity index is 1.74. The second kappa shape index (κ2) is 6.84. The van der Waals surface area contributed by atoms with Crippen molar-refractivity contribution in [3.63, 3.8) is 0 Å². The molecule has 0 radical (unpaired) electrons. The number of carbonyl (C=O) groups is 1. The molecule has 3 rings (SSSR count). The number of likely N-dealkylation sites (tertiary alicyclic amines) is 1. The lowest BCUT2D eigenvalue weighted by Gasteiger charge is -2.41. The summed E-state index contributed by atoms with van der Waals surface area (Å²) in [5, 5.41) is 0. The van der Waals surface area contributed by atoms with E-state index in [0.29, 0.717) is 23.0 Å². The summed E-state index contributed by atoms with van der Waals surface area (Å²) in [6.07, 6.45) is 3.17. The maximum Gasteiger partial charge on any atom is 0.339 e. The number of esters is 1. The summed E-state index contributed by atoms with van der Waals surface area (Å²) in [7, 11) is 3.03. The molecule has 25 heavy (non-hydrogen) atoms. The summed E-state index contributed by atoms with van der Waals surface area (Å²) in [5.74, 6) is -0.547. The maximum atomic E-state index is 14.5. The van der Waals surface area contributed by atoms with Crippen molar-refractivity contribution in [2.75, 3.05) is 20.2 Å². The van der Waals surface area contributed by atoms with Crippen LogP contribution in [0.5, 0.6) is 5.75 Å². The number of carbonyl (C=O) groups excluding carboxylic acids is 1. The normalized spacial score (nSPS) is 15.3. The van der Waals surface area contributed by atoms with Gasteiger partial charge in [0, 0.05) is 38.4 Å². The number of aryl methyl sites for hydroxylation is 1. The monoisotopic (exact) mass is 347 g/mol. The standard InChI is InChI=1S/C18H22FN3O3/c1-11(2)22-9-14(10-22)25-13-6-15(19)17(20-7-13)16-5-12(8-21(16)3)18(23)24-4/h5-8,11,14H,9-10H2,1-4H3. The molecule has 1 saturated heterocycles. The van der Waals surface area contributed by atoms with Crippen LogP contribution in [0.25, 0.3) is 11.4 Å². The van der Waals surface area contributed by atoms with Crippen molar-refractivity contribution in [3.8, 4) is 17.1 Å². The number of nitrogens with zero attached hydrogens (tertiary/aromatic N) is 3. The summed E-state index contributed by atoms with van der Waals surface area (Å²) >= 11 is 0. The molecule has 1 aliphatic rings. The van der Waals surface area contributed by atoms with E-state index in [2.05, 4.69) is 28.5 Å². The quantitative estimate of drug-likeness (QED) is 0.778. The number of ether oxygens (including phenoxy) is 2. The van der Waals surface area contributed by atoms with Gasteiger partial charge in [-0.05, 0) is 19.9 Å². The van der Waals surface area contributed by atoms with Crippen molar-refractivity contribution < 1.29 is 18.7 Å². The van der Waals surface area contributed by atoms with Gasteiger partial charge < -0.3 is 14.0 Å². The van der Waals surface area contributed by atoms with Crippen LogP contribution in [0.15, 0.2) is 24.5 Å². The van der Waals surface area contributed by atoms with Crippen LogP contribution in [0.1, 0.15) is 24.2 Å². The molecule has 2 aromatic rings. The third-order valence-corrected chi connectivity index (χ3v) is 4.39. The van der Waals surface area contributed by atoms with Crippen LogP contribution in [0.3, 0.4) is 0 Å². The molecule has 0 amide bonds. The molecule has 1 fully saturated rings. The first-order chi connectivity index (χ1) is 11.9. The molecule has 0 bridgehead atoms. The van der Waals surface area contributed by atoms with Crippen molar-refractivity contribution in [2.45, 2.75) is 26.0 Å². The minimum atomic E-state index is -0.491. The van der Waals surface area contributed by atoms with Gasteiger partial charge in [-0.25, -0.2) is 14.2 Å². The number of methoxy groups -OCH3 is 1. The fraction of sp³-hybridized carbons (Fsp3) is 0.444. The average molecular weight is 347 g/mol. The van der Waals surface area contributed by atoms with Crippen LogP contribution < -0.4 is 4.74 Å². The topological polar surface area (TPSA) is 56.6 Å². The van der Waals surface area contributed by atoms with Crippen LogP contribution in [0.4, 0.5) is 4.39 Å². The SMILES string of the molecule is COC(=O)c1cc(-c2ncc(OC3CN(C(C)C)C3)cc2F)n(C)c1. The molecule has 0 saturated carbocycles. The van der Waals surface area contributed by atoms with Crippen LogP contribution in [0.2, 0.25) is 0 Å². The van der Waals surface area contributed by atoms with E-state index < -0.39 is 11.8 Å². The van der Waals surface area contributed by atoms with Gasteiger partial charge in [-0.3, -0.25) is 4.90 Å². The zero-order valence-corrected chi connectivity index (χ0v) is 14.8. The fourth-order valence-electron chi connectivity index (χ4n) is 2.86. The van der Waals surface area contributed by atoms with E-state index >= 15 is 0 Å². The molecule has 1 aliphatic heterocycles. The Morgan fingerprint density at radius 1 is 1.36 bits per heavy atom. The van der Waals surface area contributed by atoms with Crippen molar-refractivity contribution in [2.24, 2.45) is 7.05 Å². The van der Waals surface area contributed by atoms with E-state index in [1.807, 2.05) is 0 Å². The molecule has 0 unspecified atom stereocenters. The molecule has 0 aromatic carbocycles. The first kappa shape index (κ1) is 17.4. The van der Waals surface area contributed by atoms with E-state index in [4.69, 9.17) is 4.74 Å². The van der Waals surface area contributed by atoms with Crippen molar-refractivity contribution in [1.29, 1.82) is 0 Å². The third-order valence-electron chi connectivity index (χ3n) is 4.39. The average Bonchev–Trinajstić information content (AvgIpc) is 2.91. The Morgan fingerprint density at radius 3 is 2.68 bits per heavy atom. The smallest absolute Gasteiger partial charge is 0.339 e. The molecule has 6 nitrogen and oxygen atoms in total. The van der Waals surface area contributed by atoms with Crippen molar-refractivity contribution in [3.05, 3.63) is 35.9 Å². The number of aromatic nitrogens is 2.